The summed E-state index contributed by atoms with van der Waals surface area (Å²) in [6, 6.07) is 0. The van der Waals surface area contributed by atoms with Crippen molar-refractivity contribution in [2.24, 2.45) is 34.5 Å². The van der Waals surface area contributed by atoms with Gasteiger partial charge in [0.1, 0.15) is 24.1 Å². The van der Waals surface area contributed by atoms with Gasteiger partial charge in [-0.1, -0.05) is 37.1 Å². The molecule has 0 bridgehead atoms. The molecule has 6 N–H and O–H groups in total. The number of allylic oxidation sites excluding steroid dienone is 6. The van der Waals surface area contributed by atoms with Crippen LogP contribution in [0, 0.1) is 34.5 Å². The normalized spacial score (nSPS) is 49.7. The minimum absolute atomic E-state index is 0.0203. The maximum absolute atomic E-state index is 13.0. The summed E-state index contributed by atoms with van der Waals surface area (Å²) in [6.45, 7) is 15.9. The third kappa shape index (κ3) is 9.52. The summed E-state index contributed by atoms with van der Waals surface area (Å²) in [4.78, 5) is 12.8. The second-order valence-corrected chi connectivity index (χ2v) is 21.9. The number of esters is 1. The zero-order chi connectivity index (χ0) is 46.7. The van der Waals surface area contributed by atoms with E-state index in [1.165, 1.54) is 11.1 Å². The van der Waals surface area contributed by atoms with Crippen molar-refractivity contribution in [1.82, 2.24) is 0 Å². The Balaban J connectivity index is 0.850. The predicted octanol–water partition coefficient (Wildman–Crippen LogP) is 5.79. The van der Waals surface area contributed by atoms with E-state index in [2.05, 4.69) is 33.8 Å². The number of carbonyl (C=O) groups is 1. The molecule has 0 radical (unpaired) electrons. The van der Waals surface area contributed by atoms with E-state index in [1.54, 1.807) is 19.9 Å². The molecule has 4 aliphatic carbocycles. The highest BCUT2D eigenvalue weighted by atomic mass is 16.7. The zero-order valence-corrected chi connectivity index (χ0v) is 39.8. The molecule has 0 aromatic heterocycles. The first-order valence-electron chi connectivity index (χ1n) is 24.7. The van der Waals surface area contributed by atoms with Crippen molar-refractivity contribution in [2.75, 3.05) is 0 Å². The molecular formula is C51H78O14. The van der Waals surface area contributed by atoms with Gasteiger partial charge in [0.2, 0.25) is 0 Å². The molecule has 14 nitrogen and oxygen atoms in total. The van der Waals surface area contributed by atoms with Gasteiger partial charge in [-0.2, -0.15) is 0 Å². The van der Waals surface area contributed by atoms with E-state index in [-0.39, 0.29) is 48.5 Å². The van der Waals surface area contributed by atoms with E-state index in [4.69, 9.17) is 33.2 Å². The van der Waals surface area contributed by atoms with Crippen LogP contribution < -0.4 is 0 Å². The number of ether oxygens (including phenoxy) is 7. The molecule has 4 aliphatic heterocycles. The Morgan fingerprint density at radius 2 is 1.37 bits per heavy atom. The summed E-state index contributed by atoms with van der Waals surface area (Å²) in [5.74, 6) is 0.400. The molecule has 4 heterocycles. The van der Waals surface area contributed by atoms with Crippen molar-refractivity contribution in [3.05, 3.63) is 46.8 Å². The Morgan fingerprint density at radius 3 is 1.98 bits per heavy atom. The van der Waals surface area contributed by atoms with Crippen molar-refractivity contribution in [3.8, 4) is 0 Å². The Labute approximate surface area is 385 Å². The maximum Gasteiger partial charge on any atom is 0.336 e. The highest BCUT2D eigenvalue weighted by Gasteiger charge is 2.71. The summed E-state index contributed by atoms with van der Waals surface area (Å²) in [7, 11) is 0. The van der Waals surface area contributed by atoms with E-state index in [0.29, 0.717) is 30.9 Å². The summed E-state index contributed by atoms with van der Waals surface area (Å²) in [6.07, 6.45) is 5.99. The number of carbonyl (C=O) groups excluding carboxylic acids is 1. The van der Waals surface area contributed by atoms with Crippen LogP contribution in [-0.2, 0) is 38.0 Å². The lowest BCUT2D eigenvalue weighted by Crippen LogP contribution is -2.67. The van der Waals surface area contributed by atoms with Gasteiger partial charge in [-0.05, 0) is 141 Å². The Hall–Kier alpha value is -2.05. The maximum atomic E-state index is 13.0. The lowest BCUT2D eigenvalue weighted by atomic mass is 9.42. The van der Waals surface area contributed by atoms with Crippen LogP contribution in [0.5, 0.6) is 0 Å². The fraction of sp³-hybridized carbons (Fsp3) is 0.824. The fourth-order valence-electron chi connectivity index (χ4n) is 13.8. The van der Waals surface area contributed by atoms with Crippen molar-refractivity contribution in [3.63, 3.8) is 0 Å². The monoisotopic (exact) mass is 915 g/mol. The molecule has 0 amide bonds. The average Bonchev–Trinajstić information content (AvgIpc) is 3.74. The first kappa shape index (κ1) is 49.4. The van der Waals surface area contributed by atoms with Gasteiger partial charge in [0.05, 0.1) is 54.4 Å². The van der Waals surface area contributed by atoms with Gasteiger partial charge < -0.3 is 63.8 Å². The van der Waals surface area contributed by atoms with E-state index < -0.39 is 96.9 Å². The Morgan fingerprint density at radius 1 is 0.754 bits per heavy atom. The number of aliphatic hydroxyl groups excluding tert-OH is 5. The molecule has 0 aromatic rings. The molecule has 4 saturated carbocycles. The van der Waals surface area contributed by atoms with Crippen LogP contribution in [0.4, 0.5) is 0 Å². The molecule has 0 aromatic carbocycles. The smallest absolute Gasteiger partial charge is 0.336 e. The summed E-state index contributed by atoms with van der Waals surface area (Å²) < 4.78 is 42.8. The largest absolute Gasteiger partial charge is 0.423 e. The van der Waals surface area contributed by atoms with Crippen LogP contribution in [0.2, 0.25) is 0 Å². The molecule has 14 heteroatoms. The van der Waals surface area contributed by atoms with E-state index in [9.17, 15) is 35.4 Å². The number of hydrogen-bond donors (Lipinski definition) is 6. The van der Waals surface area contributed by atoms with Gasteiger partial charge in [-0.3, -0.25) is 0 Å². The second-order valence-electron chi connectivity index (χ2n) is 21.9. The molecule has 0 unspecified atom stereocenters. The zero-order valence-electron chi connectivity index (χ0n) is 39.8. The molecule has 21 atom stereocenters. The van der Waals surface area contributed by atoms with E-state index in [0.717, 1.165) is 50.5 Å². The molecule has 366 valence electrons. The standard InChI is InChI=1S/C51H78O14/c1-26(2)10-9-11-27(3)12-15-40-33(21-42(56)63-40)34-17-19-51(58)35-14-13-31-20-32(16-18-49(31,7)36(35)22-41(55)50(34,51)8)62-43-24-38(53)47(29(5)60-43)65-45-25-39(54)48(30(6)61-45)64-44-23-37(52)46(57)28(4)59-44/h10,12,15,21,28-32,34-39,41,43-48,52-55,57-58H,9,11,13-14,16-20,22-25H2,1-8H3/b27-12-,40-15-/t28-,29-,30-,31-,32+,34-,35-,36+,37+,38+,39+,41-,43+,44+,45+,46-,47-,48-,49+,50+,51+/m1/s1. The molecule has 3 saturated heterocycles. The number of cyclic esters (lactones) is 1. The molecule has 0 spiro atoms. The minimum atomic E-state index is -1.09. The lowest BCUT2D eigenvalue weighted by molar-refractivity contribution is -0.336. The van der Waals surface area contributed by atoms with Crippen LogP contribution in [0.3, 0.4) is 0 Å². The number of fused-ring (bicyclic) bond motifs is 5. The Kier molecular flexibility index (Phi) is 14.7. The molecular weight excluding hydrogens is 837 g/mol. The molecule has 65 heavy (non-hydrogen) atoms. The van der Waals surface area contributed by atoms with Crippen LogP contribution >= 0.6 is 0 Å². The minimum Gasteiger partial charge on any atom is -0.423 e. The van der Waals surface area contributed by atoms with E-state index in [1.807, 2.05) is 26.0 Å². The van der Waals surface area contributed by atoms with Crippen LogP contribution in [0.25, 0.3) is 0 Å². The van der Waals surface area contributed by atoms with Crippen molar-refractivity contribution >= 4 is 5.97 Å². The third-order valence-corrected chi connectivity index (χ3v) is 17.6. The quantitative estimate of drug-likeness (QED) is 0.0826. The molecule has 8 aliphatic rings. The number of aliphatic hydroxyl groups is 6. The second kappa shape index (κ2) is 19.4. The van der Waals surface area contributed by atoms with Gasteiger partial charge in [0, 0.05) is 36.3 Å². The fourth-order valence-corrected chi connectivity index (χ4v) is 13.8. The van der Waals surface area contributed by atoms with E-state index >= 15 is 0 Å². The SMILES string of the molecule is CC(C)=CCC/C(C)=C\C=C1/OC(=O)C=C1[C@H]1CC[C@]2(O)[C@@H]3CC[C@@H]4C[C@@H](O[C@H]5C[C@H](O)[C@H](O[C@H]6C[C@H](O)[C@H](O[C@H]7C[C@H](O)[C@H](O)[C@@H](C)O7)[C@@H](C)O6)[C@@H](C)O5)CC[C@]4(C)[C@H]3C[C@@H](O)[C@]12C. The van der Waals surface area contributed by atoms with Gasteiger partial charge in [-0.15, -0.1) is 0 Å². The highest BCUT2D eigenvalue weighted by molar-refractivity contribution is 5.88. The number of rotatable bonds is 11. The van der Waals surface area contributed by atoms with Gasteiger partial charge in [-0.25, -0.2) is 4.79 Å². The summed E-state index contributed by atoms with van der Waals surface area (Å²) in [5.41, 5.74) is 1.23. The third-order valence-electron chi connectivity index (χ3n) is 17.6. The first-order chi connectivity index (χ1) is 30.7. The van der Waals surface area contributed by atoms with Crippen molar-refractivity contribution in [1.29, 1.82) is 0 Å². The highest BCUT2D eigenvalue weighted by Crippen LogP contribution is 2.70. The van der Waals surface area contributed by atoms with Gasteiger partial charge in [0.15, 0.2) is 18.9 Å². The van der Waals surface area contributed by atoms with Gasteiger partial charge in [0.25, 0.3) is 0 Å². The summed E-state index contributed by atoms with van der Waals surface area (Å²) in [5, 5.41) is 67.9. The lowest BCUT2D eigenvalue weighted by Gasteiger charge is -2.65. The first-order valence-corrected chi connectivity index (χ1v) is 24.7. The van der Waals surface area contributed by atoms with Crippen LogP contribution in [0.1, 0.15) is 139 Å². The Bertz CT molecular complexity index is 1810. The van der Waals surface area contributed by atoms with Crippen molar-refractivity contribution < 1.29 is 68.6 Å². The van der Waals surface area contributed by atoms with Crippen molar-refractivity contribution in [2.45, 2.75) is 230 Å². The topological polar surface area (TPSA) is 203 Å². The average molecular weight is 915 g/mol. The van der Waals surface area contributed by atoms with Gasteiger partial charge >= 0.3 is 5.97 Å². The predicted molar refractivity (Wildman–Crippen MR) is 238 cm³/mol. The van der Waals surface area contributed by atoms with Crippen LogP contribution in [-0.4, -0.2) is 128 Å². The number of hydrogen-bond acceptors (Lipinski definition) is 14. The molecule has 7 fully saturated rings. The molecule has 8 rings (SSSR count). The summed E-state index contributed by atoms with van der Waals surface area (Å²) >= 11 is 0. The van der Waals surface area contributed by atoms with Crippen LogP contribution in [0.15, 0.2) is 46.8 Å².